The normalized spacial score (nSPS) is 13.9. The monoisotopic (exact) mass is 340 g/mol. The first-order chi connectivity index (χ1) is 10.6. The number of carbonyl (C=O) groups is 1. The van der Waals surface area contributed by atoms with Gasteiger partial charge in [-0.2, -0.15) is 4.40 Å². The second kappa shape index (κ2) is 8.16. The lowest BCUT2D eigenvalue weighted by Crippen LogP contribution is -2.35. The van der Waals surface area contributed by atoms with E-state index in [2.05, 4.69) is 14.7 Å². The van der Waals surface area contributed by atoms with Crippen LogP contribution in [-0.2, 0) is 14.8 Å². The van der Waals surface area contributed by atoms with Crippen molar-refractivity contribution < 1.29 is 13.2 Å². The number of sulfonamides is 1. The number of amides is 1. The van der Waals surface area contributed by atoms with Crippen LogP contribution in [0.4, 0.5) is 5.69 Å². The van der Waals surface area contributed by atoms with Crippen LogP contribution in [0.1, 0.15) is 33.6 Å². The van der Waals surface area contributed by atoms with Gasteiger partial charge < -0.3 is 11.1 Å². The first kappa shape index (κ1) is 19.2. The zero-order chi connectivity index (χ0) is 17.5. The summed E-state index contributed by atoms with van der Waals surface area (Å²) in [7, 11) is -3.52. The van der Waals surface area contributed by atoms with Crippen molar-refractivity contribution in [3.8, 4) is 0 Å². The number of hydrogen-bond acceptors (Lipinski definition) is 5. The van der Waals surface area contributed by atoms with Gasteiger partial charge in [0.15, 0.2) is 0 Å². The van der Waals surface area contributed by atoms with E-state index in [1.165, 1.54) is 12.4 Å². The minimum Gasteiger partial charge on any atom is -0.323 e. The van der Waals surface area contributed by atoms with Crippen LogP contribution in [-0.4, -0.2) is 37.3 Å². The van der Waals surface area contributed by atoms with Gasteiger partial charge in [0, 0.05) is 18.8 Å². The van der Waals surface area contributed by atoms with Crippen molar-refractivity contribution in [1.29, 1.82) is 0 Å². The number of aromatic nitrogens is 1. The second-order valence-corrected chi connectivity index (χ2v) is 8.24. The van der Waals surface area contributed by atoms with Crippen molar-refractivity contribution in [2.24, 2.45) is 15.5 Å². The van der Waals surface area contributed by atoms with Gasteiger partial charge in [-0.3, -0.25) is 9.78 Å². The quantitative estimate of drug-likeness (QED) is 0.731. The zero-order valence-corrected chi connectivity index (χ0v) is 14.5. The van der Waals surface area contributed by atoms with Crippen molar-refractivity contribution in [1.82, 2.24) is 4.98 Å². The lowest BCUT2D eigenvalue weighted by atomic mass is 9.94. The Hall–Kier alpha value is -1.80. The fraction of sp³-hybridized carbons (Fsp3) is 0.533. The number of rotatable bonds is 7. The predicted octanol–water partition coefficient (Wildman–Crippen LogP) is 1.57. The van der Waals surface area contributed by atoms with Gasteiger partial charge in [0.2, 0.25) is 5.91 Å². The molecular weight excluding hydrogens is 316 g/mol. The minimum absolute atomic E-state index is 0.0237. The van der Waals surface area contributed by atoms with E-state index in [1.807, 2.05) is 20.8 Å². The van der Waals surface area contributed by atoms with Gasteiger partial charge in [-0.25, -0.2) is 8.42 Å². The van der Waals surface area contributed by atoms with Crippen LogP contribution in [0.2, 0.25) is 0 Å². The summed E-state index contributed by atoms with van der Waals surface area (Å²) < 4.78 is 27.1. The SMILES string of the molecule is CC(C)(C)CCS(=O)(=O)/N=C/C[C@H](N)C(=O)Nc1cccnc1. The molecule has 1 rings (SSSR count). The van der Waals surface area contributed by atoms with E-state index in [1.54, 1.807) is 18.3 Å². The van der Waals surface area contributed by atoms with Crippen molar-refractivity contribution in [3.63, 3.8) is 0 Å². The van der Waals surface area contributed by atoms with Crippen LogP contribution in [0.15, 0.2) is 28.9 Å². The molecule has 0 radical (unpaired) electrons. The topological polar surface area (TPSA) is 115 Å². The summed E-state index contributed by atoms with van der Waals surface area (Å²) in [5.74, 6) is -0.444. The molecule has 0 saturated heterocycles. The summed E-state index contributed by atoms with van der Waals surface area (Å²) in [6, 6.07) is 2.49. The highest BCUT2D eigenvalue weighted by Crippen LogP contribution is 2.19. The third-order valence-corrected chi connectivity index (χ3v) is 4.16. The standard InChI is InChI=1S/C15H24N4O3S/c1-15(2,3)7-10-23(21,22)18-9-6-13(16)14(20)19-12-5-4-8-17-11-12/h4-5,8-9,11,13H,6-7,10,16H2,1-3H3,(H,19,20)/b18-9+/t13-/m0/s1. The number of pyridine rings is 1. The van der Waals surface area contributed by atoms with Gasteiger partial charge in [-0.1, -0.05) is 20.8 Å². The molecule has 0 aliphatic heterocycles. The molecule has 1 aromatic heterocycles. The number of nitrogens with two attached hydrogens (primary N) is 1. The molecule has 0 unspecified atom stereocenters. The average molecular weight is 340 g/mol. The summed E-state index contributed by atoms with van der Waals surface area (Å²) in [6.07, 6.45) is 4.83. The average Bonchev–Trinajstić information content (AvgIpc) is 2.45. The Morgan fingerprint density at radius 3 is 2.74 bits per heavy atom. The van der Waals surface area contributed by atoms with Crippen LogP contribution < -0.4 is 11.1 Å². The number of carbonyl (C=O) groups excluding carboxylic acids is 1. The van der Waals surface area contributed by atoms with Crippen LogP contribution in [0.5, 0.6) is 0 Å². The fourth-order valence-electron chi connectivity index (χ4n) is 1.54. The lowest BCUT2D eigenvalue weighted by molar-refractivity contribution is -0.117. The van der Waals surface area contributed by atoms with E-state index in [0.717, 1.165) is 0 Å². The molecule has 0 aromatic carbocycles. The Kier molecular flexibility index (Phi) is 6.83. The maximum atomic E-state index is 11.9. The van der Waals surface area contributed by atoms with Gasteiger partial charge >= 0.3 is 0 Å². The first-order valence-electron chi connectivity index (χ1n) is 7.32. The first-order valence-corrected chi connectivity index (χ1v) is 8.93. The summed E-state index contributed by atoms with van der Waals surface area (Å²) in [5, 5.41) is 2.60. The second-order valence-electron chi connectivity index (χ2n) is 6.46. The smallest absolute Gasteiger partial charge is 0.252 e. The third-order valence-electron chi connectivity index (χ3n) is 2.97. The van der Waals surface area contributed by atoms with Gasteiger partial charge in [-0.05, 0) is 24.0 Å². The molecule has 1 atom stereocenters. The van der Waals surface area contributed by atoms with Crippen molar-refractivity contribution in [2.45, 2.75) is 39.7 Å². The largest absolute Gasteiger partial charge is 0.323 e. The Labute approximate surface area is 137 Å². The van der Waals surface area contributed by atoms with Gasteiger partial charge in [0.05, 0.1) is 23.7 Å². The van der Waals surface area contributed by atoms with E-state index in [-0.39, 0.29) is 17.6 Å². The Bertz CT molecular complexity index is 636. The van der Waals surface area contributed by atoms with E-state index >= 15 is 0 Å². The summed E-state index contributed by atoms with van der Waals surface area (Å²) in [4.78, 5) is 15.7. The molecule has 1 aromatic rings. The highest BCUT2D eigenvalue weighted by molar-refractivity contribution is 7.90. The van der Waals surface area contributed by atoms with Gasteiger partial charge in [0.25, 0.3) is 10.0 Å². The molecule has 0 spiro atoms. The summed E-state index contributed by atoms with van der Waals surface area (Å²) in [6.45, 7) is 5.89. The van der Waals surface area contributed by atoms with Gasteiger partial charge in [-0.15, -0.1) is 0 Å². The zero-order valence-electron chi connectivity index (χ0n) is 13.7. The van der Waals surface area contributed by atoms with E-state index < -0.39 is 22.0 Å². The Morgan fingerprint density at radius 1 is 1.48 bits per heavy atom. The molecular formula is C15H24N4O3S. The number of hydrogen-bond donors (Lipinski definition) is 2. The van der Waals surface area contributed by atoms with Crippen LogP contribution in [0.25, 0.3) is 0 Å². The highest BCUT2D eigenvalue weighted by atomic mass is 32.2. The fourth-order valence-corrected chi connectivity index (χ4v) is 2.83. The molecule has 128 valence electrons. The van der Waals surface area contributed by atoms with Gasteiger partial charge in [0.1, 0.15) is 0 Å². The summed E-state index contributed by atoms with van der Waals surface area (Å²) >= 11 is 0. The molecule has 23 heavy (non-hydrogen) atoms. The molecule has 0 fully saturated rings. The number of anilines is 1. The Balaban J connectivity index is 2.48. The maximum Gasteiger partial charge on any atom is 0.252 e. The lowest BCUT2D eigenvalue weighted by Gasteiger charge is -2.16. The van der Waals surface area contributed by atoms with Crippen molar-refractivity contribution in [2.75, 3.05) is 11.1 Å². The molecule has 0 saturated carbocycles. The van der Waals surface area contributed by atoms with E-state index in [9.17, 15) is 13.2 Å². The van der Waals surface area contributed by atoms with Crippen LogP contribution in [0.3, 0.4) is 0 Å². The molecule has 1 amide bonds. The summed E-state index contributed by atoms with van der Waals surface area (Å²) in [5.41, 5.74) is 6.17. The minimum atomic E-state index is -3.52. The molecule has 7 nitrogen and oxygen atoms in total. The van der Waals surface area contributed by atoms with E-state index in [4.69, 9.17) is 5.73 Å². The highest BCUT2D eigenvalue weighted by Gasteiger charge is 2.17. The number of nitrogens with zero attached hydrogens (tertiary/aromatic N) is 2. The third kappa shape index (κ3) is 8.41. The molecule has 8 heteroatoms. The molecule has 0 bridgehead atoms. The van der Waals surface area contributed by atoms with E-state index in [0.29, 0.717) is 12.1 Å². The number of nitrogens with one attached hydrogen (secondary N) is 1. The molecule has 1 heterocycles. The van der Waals surface area contributed by atoms with Crippen molar-refractivity contribution in [3.05, 3.63) is 24.5 Å². The predicted molar refractivity (Wildman–Crippen MR) is 91.8 cm³/mol. The van der Waals surface area contributed by atoms with Crippen LogP contribution in [0, 0.1) is 5.41 Å². The molecule has 3 N–H and O–H groups in total. The Morgan fingerprint density at radius 2 is 2.17 bits per heavy atom. The molecule has 0 aliphatic rings. The maximum absolute atomic E-state index is 11.9. The molecule has 0 aliphatic carbocycles. The van der Waals surface area contributed by atoms with Crippen LogP contribution >= 0.6 is 0 Å². The van der Waals surface area contributed by atoms with Crippen molar-refractivity contribution >= 4 is 27.8 Å².